The number of carbonyl (C=O) groups excluding carboxylic acids is 1. The second-order valence-corrected chi connectivity index (χ2v) is 3.93. The van der Waals surface area contributed by atoms with E-state index in [1.54, 1.807) is 0 Å². The largest absolute Gasteiger partial charge is 0.324 e. The van der Waals surface area contributed by atoms with Crippen LogP contribution in [0, 0.1) is 19.8 Å². The van der Waals surface area contributed by atoms with Crippen molar-refractivity contribution in [3.8, 4) is 0 Å². The molecule has 4 nitrogen and oxygen atoms in total. The number of anilines is 1. The van der Waals surface area contributed by atoms with Crippen LogP contribution in [0.15, 0.2) is 12.1 Å². The normalized spacial score (nSPS) is 15.9. The minimum atomic E-state index is 0.0857. The Morgan fingerprint density at radius 2 is 2.20 bits per heavy atom. The Balaban J connectivity index is 2.06. The molecule has 1 aliphatic rings. The van der Waals surface area contributed by atoms with Gasteiger partial charge in [0.25, 0.3) is 0 Å². The van der Waals surface area contributed by atoms with Crippen molar-refractivity contribution in [1.29, 1.82) is 0 Å². The lowest BCUT2D eigenvalue weighted by Crippen LogP contribution is -2.48. The Hall–Kier alpha value is -1.42. The minimum absolute atomic E-state index is 0.0857. The first-order valence-electron chi connectivity index (χ1n) is 5.12. The molecule has 15 heavy (non-hydrogen) atoms. The van der Waals surface area contributed by atoms with Crippen molar-refractivity contribution in [3.63, 3.8) is 0 Å². The Morgan fingerprint density at radius 3 is 2.73 bits per heavy atom. The van der Waals surface area contributed by atoms with Gasteiger partial charge in [0.1, 0.15) is 0 Å². The fourth-order valence-electron chi connectivity index (χ4n) is 1.53. The number of hydrogen-bond acceptors (Lipinski definition) is 3. The summed E-state index contributed by atoms with van der Waals surface area (Å²) in [5, 5.41) is 5.97. The Kier molecular flexibility index (Phi) is 2.68. The van der Waals surface area contributed by atoms with Crippen molar-refractivity contribution in [3.05, 3.63) is 23.5 Å². The average Bonchev–Trinajstić information content (AvgIpc) is 2.07. The molecule has 0 bridgehead atoms. The molecule has 0 aromatic carbocycles. The van der Waals surface area contributed by atoms with Gasteiger partial charge in [0.15, 0.2) is 0 Å². The number of nitrogens with zero attached hydrogens (tertiary/aromatic N) is 1. The Morgan fingerprint density at radius 1 is 1.47 bits per heavy atom. The third kappa shape index (κ3) is 2.15. The van der Waals surface area contributed by atoms with Crippen LogP contribution in [0.25, 0.3) is 0 Å². The average molecular weight is 205 g/mol. The van der Waals surface area contributed by atoms with Gasteiger partial charge in [-0.1, -0.05) is 0 Å². The number of aromatic nitrogens is 1. The molecule has 80 valence electrons. The lowest BCUT2D eigenvalue weighted by atomic mass is 10.0. The van der Waals surface area contributed by atoms with E-state index >= 15 is 0 Å². The number of amides is 1. The van der Waals surface area contributed by atoms with E-state index in [0.717, 1.165) is 30.2 Å². The third-order valence-electron chi connectivity index (χ3n) is 2.64. The molecule has 4 heteroatoms. The molecule has 0 radical (unpaired) electrons. The zero-order valence-electron chi connectivity index (χ0n) is 9.00. The van der Waals surface area contributed by atoms with Crippen molar-refractivity contribution < 1.29 is 4.79 Å². The maximum Gasteiger partial charge on any atom is 0.230 e. The highest BCUT2D eigenvalue weighted by atomic mass is 16.2. The van der Waals surface area contributed by atoms with Crippen molar-refractivity contribution in [2.75, 3.05) is 18.4 Å². The summed E-state index contributed by atoms with van der Waals surface area (Å²) in [6.45, 7) is 5.41. The molecule has 0 saturated carbocycles. The highest BCUT2D eigenvalue weighted by Crippen LogP contribution is 2.14. The summed E-state index contributed by atoms with van der Waals surface area (Å²) >= 11 is 0. The molecule has 1 amide bonds. The Bertz CT molecular complexity index is 385. The van der Waals surface area contributed by atoms with Crippen molar-refractivity contribution >= 4 is 11.6 Å². The maximum absolute atomic E-state index is 11.7. The van der Waals surface area contributed by atoms with Crippen LogP contribution < -0.4 is 10.6 Å². The van der Waals surface area contributed by atoms with Gasteiger partial charge in [-0.05, 0) is 26.0 Å². The zero-order valence-corrected chi connectivity index (χ0v) is 9.00. The van der Waals surface area contributed by atoms with Gasteiger partial charge in [-0.2, -0.15) is 0 Å². The number of carbonyl (C=O) groups is 1. The van der Waals surface area contributed by atoms with Gasteiger partial charge in [0, 0.05) is 18.8 Å². The molecule has 2 heterocycles. The third-order valence-corrected chi connectivity index (χ3v) is 2.64. The first kappa shape index (κ1) is 10.1. The molecule has 1 aliphatic heterocycles. The maximum atomic E-state index is 11.7. The predicted molar refractivity (Wildman–Crippen MR) is 58.7 cm³/mol. The van der Waals surface area contributed by atoms with Crippen LogP contribution >= 0.6 is 0 Å². The van der Waals surface area contributed by atoms with E-state index in [1.165, 1.54) is 0 Å². The fourth-order valence-corrected chi connectivity index (χ4v) is 1.53. The van der Waals surface area contributed by atoms with E-state index in [-0.39, 0.29) is 11.8 Å². The molecule has 1 aromatic heterocycles. The van der Waals surface area contributed by atoms with Crippen molar-refractivity contribution in [2.24, 2.45) is 5.92 Å². The molecule has 1 fully saturated rings. The van der Waals surface area contributed by atoms with E-state index in [1.807, 2.05) is 26.0 Å². The van der Waals surface area contributed by atoms with Crippen LogP contribution in [0.2, 0.25) is 0 Å². The van der Waals surface area contributed by atoms with Gasteiger partial charge in [0.2, 0.25) is 5.91 Å². The standard InChI is InChI=1S/C11H15N3O/c1-7-3-4-10(8(2)13-7)14-11(15)9-5-12-6-9/h3-4,9,12H,5-6H2,1-2H3,(H,14,15). The second kappa shape index (κ2) is 3.98. The molecule has 2 N–H and O–H groups in total. The number of nitrogens with one attached hydrogen (secondary N) is 2. The molecule has 2 rings (SSSR count). The summed E-state index contributed by atoms with van der Waals surface area (Å²) in [5.74, 6) is 0.202. The van der Waals surface area contributed by atoms with E-state index in [4.69, 9.17) is 0 Å². The fraction of sp³-hybridized carbons (Fsp3) is 0.455. The molecule has 0 spiro atoms. The van der Waals surface area contributed by atoms with Gasteiger partial charge < -0.3 is 10.6 Å². The SMILES string of the molecule is Cc1ccc(NC(=O)C2CNC2)c(C)n1. The van der Waals surface area contributed by atoms with Gasteiger partial charge in [-0.15, -0.1) is 0 Å². The second-order valence-electron chi connectivity index (χ2n) is 3.93. The zero-order chi connectivity index (χ0) is 10.8. The van der Waals surface area contributed by atoms with Crippen LogP contribution in [0.4, 0.5) is 5.69 Å². The minimum Gasteiger partial charge on any atom is -0.324 e. The van der Waals surface area contributed by atoms with Crippen LogP contribution in [-0.2, 0) is 4.79 Å². The van der Waals surface area contributed by atoms with Crippen LogP contribution in [0.3, 0.4) is 0 Å². The quantitative estimate of drug-likeness (QED) is 0.752. The summed E-state index contributed by atoms with van der Waals surface area (Å²) in [7, 11) is 0. The number of pyridine rings is 1. The summed E-state index contributed by atoms with van der Waals surface area (Å²) in [6.07, 6.45) is 0. The summed E-state index contributed by atoms with van der Waals surface area (Å²) in [4.78, 5) is 16.0. The molecule has 0 aliphatic carbocycles. The molecule has 1 saturated heterocycles. The van der Waals surface area contributed by atoms with Gasteiger partial charge in [0.05, 0.1) is 17.3 Å². The predicted octanol–water partition coefficient (Wildman–Crippen LogP) is 0.856. The Labute approximate surface area is 89.1 Å². The number of rotatable bonds is 2. The smallest absolute Gasteiger partial charge is 0.230 e. The van der Waals surface area contributed by atoms with Crippen LogP contribution in [0.1, 0.15) is 11.4 Å². The summed E-state index contributed by atoms with van der Waals surface area (Å²) < 4.78 is 0. The van der Waals surface area contributed by atoms with E-state index in [9.17, 15) is 4.79 Å². The van der Waals surface area contributed by atoms with Crippen LogP contribution in [0.5, 0.6) is 0 Å². The molecular weight excluding hydrogens is 190 g/mol. The lowest BCUT2D eigenvalue weighted by molar-refractivity contribution is -0.121. The topological polar surface area (TPSA) is 54.0 Å². The number of aryl methyl sites for hydroxylation is 2. The van der Waals surface area contributed by atoms with Gasteiger partial charge in [-0.25, -0.2) is 0 Å². The van der Waals surface area contributed by atoms with Gasteiger partial charge in [-0.3, -0.25) is 9.78 Å². The first-order chi connectivity index (χ1) is 7.16. The highest BCUT2D eigenvalue weighted by molar-refractivity contribution is 5.93. The van der Waals surface area contributed by atoms with Crippen molar-refractivity contribution in [2.45, 2.75) is 13.8 Å². The monoisotopic (exact) mass is 205 g/mol. The lowest BCUT2D eigenvalue weighted by Gasteiger charge is -2.26. The van der Waals surface area contributed by atoms with E-state index in [0.29, 0.717) is 0 Å². The van der Waals surface area contributed by atoms with Crippen molar-refractivity contribution in [1.82, 2.24) is 10.3 Å². The summed E-state index contributed by atoms with van der Waals surface area (Å²) in [6, 6.07) is 3.81. The van der Waals surface area contributed by atoms with Gasteiger partial charge >= 0.3 is 0 Å². The number of hydrogen-bond donors (Lipinski definition) is 2. The molecule has 0 unspecified atom stereocenters. The molecule has 0 atom stereocenters. The summed E-state index contributed by atoms with van der Waals surface area (Å²) in [5.41, 5.74) is 2.66. The first-order valence-corrected chi connectivity index (χ1v) is 5.12. The van der Waals surface area contributed by atoms with Crippen LogP contribution in [-0.4, -0.2) is 24.0 Å². The molecule has 1 aromatic rings. The molecular formula is C11H15N3O. The van der Waals surface area contributed by atoms with E-state index in [2.05, 4.69) is 15.6 Å². The highest BCUT2D eigenvalue weighted by Gasteiger charge is 2.25. The van der Waals surface area contributed by atoms with E-state index < -0.39 is 0 Å².